The predicted molar refractivity (Wildman–Crippen MR) is 44.1 cm³/mol. The van der Waals surface area contributed by atoms with E-state index in [1.165, 1.54) is 0 Å². The maximum absolute atomic E-state index is 13.0. The highest BCUT2D eigenvalue weighted by Gasteiger charge is 2.12. The minimum Gasteiger partial charge on any atom is -0.358 e. The van der Waals surface area contributed by atoms with Crippen molar-refractivity contribution in [2.45, 2.75) is 6.42 Å². The minimum atomic E-state index is -1.48. The maximum Gasteiger partial charge on any atom is 0.207 e. The molecular weight excluding hydrogens is 195 g/mol. The molecule has 1 amide bonds. The fourth-order valence-electron chi connectivity index (χ4n) is 1.02. The van der Waals surface area contributed by atoms with Crippen molar-refractivity contribution in [3.63, 3.8) is 0 Å². The summed E-state index contributed by atoms with van der Waals surface area (Å²) >= 11 is 0. The van der Waals surface area contributed by atoms with Crippen molar-refractivity contribution in [3.05, 3.63) is 35.1 Å². The number of halogens is 3. The second kappa shape index (κ2) is 4.64. The van der Waals surface area contributed by atoms with Gasteiger partial charge in [-0.05, 0) is 18.1 Å². The zero-order chi connectivity index (χ0) is 10.6. The number of nitrogens with one attached hydrogen (secondary N) is 1. The number of rotatable bonds is 4. The Kier molecular flexibility index (Phi) is 3.50. The SMILES string of the molecule is O=CNCCc1ccc(F)c(F)c1F. The first kappa shape index (κ1) is 10.6. The summed E-state index contributed by atoms with van der Waals surface area (Å²) < 4.78 is 38.1. The average Bonchev–Trinajstić information content (AvgIpc) is 2.18. The number of carbonyl (C=O) groups is 1. The van der Waals surface area contributed by atoms with Crippen LogP contribution in [0, 0.1) is 17.5 Å². The number of hydrogen-bond acceptors (Lipinski definition) is 1. The van der Waals surface area contributed by atoms with E-state index in [1.54, 1.807) is 0 Å². The number of benzene rings is 1. The summed E-state index contributed by atoms with van der Waals surface area (Å²) in [5.41, 5.74) is 0.0400. The third-order valence-electron chi connectivity index (χ3n) is 1.74. The summed E-state index contributed by atoms with van der Waals surface area (Å²) in [6.45, 7) is 0.186. The Morgan fingerprint density at radius 2 is 1.93 bits per heavy atom. The van der Waals surface area contributed by atoms with E-state index in [9.17, 15) is 18.0 Å². The van der Waals surface area contributed by atoms with Crippen LogP contribution in [0.25, 0.3) is 0 Å². The molecule has 14 heavy (non-hydrogen) atoms. The highest BCUT2D eigenvalue weighted by Crippen LogP contribution is 2.15. The van der Waals surface area contributed by atoms with Gasteiger partial charge in [-0.2, -0.15) is 0 Å². The standard InChI is InChI=1S/C9H8F3NO/c10-7-2-1-6(3-4-13-5-14)8(11)9(7)12/h1-2,5H,3-4H2,(H,13,14). The van der Waals surface area contributed by atoms with Gasteiger partial charge in [-0.3, -0.25) is 4.79 Å². The molecule has 0 heterocycles. The lowest BCUT2D eigenvalue weighted by Crippen LogP contribution is -2.15. The largest absolute Gasteiger partial charge is 0.358 e. The van der Waals surface area contributed by atoms with E-state index in [0.29, 0.717) is 6.41 Å². The lowest BCUT2D eigenvalue weighted by molar-refractivity contribution is -0.109. The molecule has 0 aliphatic rings. The molecule has 0 spiro atoms. The predicted octanol–water partition coefficient (Wildman–Crippen LogP) is 1.39. The molecule has 2 nitrogen and oxygen atoms in total. The van der Waals surface area contributed by atoms with Crippen LogP contribution in [0.4, 0.5) is 13.2 Å². The van der Waals surface area contributed by atoms with Crippen LogP contribution < -0.4 is 5.32 Å². The van der Waals surface area contributed by atoms with Crippen molar-refractivity contribution < 1.29 is 18.0 Å². The molecule has 0 radical (unpaired) electrons. The van der Waals surface area contributed by atoms with Gasteiger partial charge in [0.05, 0.1) is 0 Å². The summed E-state index contributed by atoms with van der Waals surface area (Å²) in [5.74, 6) is -3.89. The lowest BCUT2D eigenvalue weighted by Gasteiger charge is -2.03. The molecule has 0 bridgehead atoms. The van der Waals surface area contributed by atoms with E-state index in [-0.39, 0.29) is 18.5 Å². The molecule has 0 aliphatic carbocycles. The van der Waals surface area contributed by atoms with Crippen molar-refractivity contribution in [1.29, 1.82) is 0 Å². The van der Waals surface area contributed by atoms with Gasteiger partial charge in [0.15, 0.2) is 17.5 Å². The van der Waals surface area contributed by atoms with Crippen LogP contribution in [0.5, 0.6) is 0 Å². The maximum atomic E-state index is 13.0. The summed E-state index contributed by atoms with van der Waals surface area (Å²) in [6, 6.07) is 2.01. The molecule has 5 heteroatoms. The van der Waals surface area contributed by atoms with E-state index < -0.39 is 17.5 Å². The monoisotopic (exact) mass is 203 g/mol. The van der Waals surface area contributed by atoms with Crippen molar-refractivity contribution >= 4 is 6.41 Å². The van der Waals surface area contributed by atoms with Crippen molar-refractivity contribution in [1.82, 2.24) is 5.32 Å². The molecule has 0 saturated carbocycles. The fourth-order valence-corrected chi connectivity index (χ4v) is 1.02. The van der Waals surface area contributed by atoms with Crippen LogP contribution in [-0.2, 0) is 11.2 Å². The number of amides is 1. The summed E-state index contributed by atoms with van der Waals surface area (Å²) in [6.07, 6.45) is 0.583. The van der Waals surface area contributed by atoms with Crippen LogP contribution in [0.2, 0.25) is 0 Å². The molecule has 0 aliphatic heterocycles. The first-order valence-electron chi connectivity index (χ1n) is 3.96. The van der Waals surface area contributed by atoms with Crippen molar-refractivity contribution in [2.24, 2.45) is 0 Å². The quantitative estimate of drug-likeness (QED) is 0.447. The third kappa shape index (κ3) is 2.25. The Morgan fingerprint density at radius 1 is 1.21 bits per heavy atom. The molecule has 1 aromatic carbocycles. The van der Waals surface area contributed by atoms with Crippen LogP contribution in [-0.4, -0.2) is 13.0 Å². The zero-order valence-electron chi connectivity index (χ0n) is 7.19. The Balaban J connectivity index is 2.78. The molecule has 0 saturated heterocycles. The molecule has 0 aromatic heterocycles. The number of carbonyl (C=O) groups excluding carboxylic acids is 1. The van der Waals surface area contributed by atoms with E-state index >= 15 is 0 Å². The van der Waals surface area contributed by atoms with Gasteiger partial charge in [0.1, 0.15) is 0 Å². The summed E-state index contributed by atoms with van der Waals surface area (Å²) in [5, 5.41) is 2.29. The smallest absolute Gasteiger partial charge is 0.207 e. The number of hydrogen-bond donors (Lipinski definition) is 1. The van der Waals surface area contributed by atoms with Gasteiger partial charge in [-0.1, -0.05) is 6.07 Å². The van der Waals surface area contributed by atoms with Crippen LogP contribution in [0.15, 0.2) is 12.1 Å². The highest BCUT2D eigenvalue weighted by atomic mass is 19.2. The summed E-state index contributed by atoms with van der Waals surface area (Å²) in [7, 11) is 0. The van der Waals surface area contributed by atoms with Crippen molar-refractivity contribution in [3.8, 4) is 0 Å². The molecule has 0 atom stereocenters. The van der Waals surface area contributed by atoms with Crippen LogP contribution in [0.1, 0.15) is 5.56 Å². The van der Waals surface area contributed by atoms with Crippen molar-refractivity contribution in [2.75, 3.05) is 6.54 Å². The van der Waals surface area contributed by atoms with Crippen LogP contribution >= 0.6 is 0 Å². The molecule has 1 N–H and O–H groups in total. The molecule has 0 unspecified atom stereocenters. The Hall–Kier alpha value is -1.52. The van der Waals surface area contributed by atoms with Gasteiger partial charge < -0.3 is 5.32 Å². The zero-order valence-corrected chi connectivity index (χ0v) is 7.19. The normalized spacial score (nSPS) is 9.93. The average molecular weight is 203 g/mol. The Morgan fingerprint density at radius 3 is 2.57 bits per heavy atom. The van der Waals surface area contributed by atoms with Gasteiger partial charge in [0, 0.05) is 6.54 Å². The molecule has 1 rings (SSSR count). The summed E-state index contributed by atoms with van der Waals surface area (Å²) in [4.78, 5) is 9.86. The Bertz CT molecular complexity index is 341. The minimum absolute atomic E-state index is 0.0400. The first-order valence-corrected chi connectivity index (χ1v) is 3.96. The molecule has 76 valence electrons. The molecule has 1 aromatic rings. The molecular formula is C9H8F3NO. The second-order valence-corrected chi connectivity index (χ2v) is 2.66. The van der Waals surface area contributed by atoms with E-state index in [4.69, 9.17) is 0 Å². The topological polar surface area (TPSA) is 29.1 Å². The van der Waals surface area contributed by atoms with E-state index in [0.717, 1.165) is 12.1 Å². The third-order valence-corrected chi connectivity index (χ3v) is 1.74. The van der Waals surface area contributed by atoms with E-state index in [2.05, 4.69) is 5.32 Å². The fraction of sp³-hybridized carbons (Fsp3) is 0.222. The highest BCUT2D eigenvalue weighted by molar-refractivity contribution is 5.45. The van der Waals surface area contributed by atoms with Gasteiger partial charge in [0.25, 0.3) is 0 Å². The van der Waals surface area contributed by atoms with Gasteiger partial charge in [-0.25, -0.2) is 13.2 Å². The van der Waals surface area contributed by atoms with Gasteiger partial charge in [0.2, 0.25) is 6.41 Å². The Labute approximate surface area is 78.7 Å². The van der Waals surface area contributed by atoms with Gasteiger partial charge >= 0.3 is 0 Å². The molecule has 0 fully saturated rings. The second-order valence-electron chi connectivity index (χ2n) is 2.66. The van der Waals surface area contributed by atoms with Crippen LogP contribution in [0.3, 0.4) is 0 Å². The van der Waals surface area contributed by atoms with Gasteiger partial charge in [-0.15, -0.1) is 0 Å². The first-order chi connectivity index (χ1) is 6.66. The van der Waals surface area contributed by atoms with E-state index in [1.807, 2.05) is 0 Å². The lowest BCUT2D eigenvalue weighted by atomic mass is 10.1.